The van der Waals surface area contributed by atoms with Crippen LogP contribution in [0, 0.1) is 12.7 Å². The third kappa shape index (κ3) is 4.31. The van der Waals surface area contributed by atoms with E-state index in [1.165, 1.54) is 6.07 Å². The van der Waals surface area contributed by atoms with Gasteiger partial charge in [-0.25, -0.2) is 9.37 Å². The van der Waals surface area contributed by atoms with Crippen LogP contribution in [0.2, 0.25) is 0 Å². The molecule has 1 aliphatic rings. The van der Waals surface area contributed by atoms with Gasteiger partial charge in [-0.3, -0.25) is 4.79 Å². The maximum absolute atomic E-state index is 14.1. The third-order valence-electron chi connectivity index (χ3n) is 7.46. The van der Waals surface area contributed by atoms with Gasteiger partial charge in [-0.15, -0.1) is 0 Å². The lowest BCUT2D eigenvalue weighted by atomic mass is 10.1. The molecule has 0 spiro atoms. The van der Waals surface area contributed by atoms with E-state index < -0.39 is 0 Å². The first-order valence-corrected chi connectivity index (χ1v) is 12.9. The van der Waals surface area contributed by atoms with Crippen LogP contribution < -0.4 is 10.5 Å². The van der Waals surface area contributed by atoms with Crippen molar-refractivity contribution < 1.29 is 13.9 Å². The molecule has 1 amide bonds. The van der Waals surface area contributed by atoms with E-state index in [-0.39, 0.29) is 17.8 Å². The van der Waals surface area contributed by atoms with Crippen LogP contribution in [-0.4, -0.2) is 51.0 Å². The summed E-state index contributed by atoms with van der Waals surface area (Å²) in [7, 11) is 1.65. The monoisotopic (exact) mass is 511 g/mol. The smallest absolute Gasteiger partial charge is 0.254 e. The number of hydrogen-bond donors (Lipinski definition) is 1. The summed E-state index contributed by atoms with van der Waals surface area (Å²) in [6.45, 7) is 3.89. The first-order chi connectivity index (χ1) is 18.4. The van der Waals surface area contributed by atoms with Gasteiger partial charge in [0.1, 0.15) is 22.9 Å². The number of aromatic nitrogens is 3. The van der Waals surface area contributed by atoms with E-state index in [0.717, 1.165) is 58.7 Å². The normalized spacial score (nSPS) is 15.9. The molecule has 2 N–H and O–H groups in total. The van der Waals surface area contributed by atoms with Crippen LogP contribution in [0.1, 0.15) is 34.5 Å². The lowest BCUT2D eigenvalue weighted by Crippen LogP contribution is -2.45. The van der Waals surface area contributed by atoms with Crippen molar-refractivity contribution in [1.82, 2.24) is 18.9 Å². The Kier molecular flexibility index (Phi) is 6.12. The Balaban J connectivity index is 1.42. The topological polar surface area (TPSA) is 77.8 Å². The van der Waals surface area contributed by atoms with Crippen LogP contribution >= 0.6 is 0 Å². The van der Waals surface area contributed by atoms with E-state index in [1.807, 2.05) is 71.0 Å². The molecule has 1 fully saturated rings. The number of imidazole rings is 1. The van der Waals surface area contributed by atoms with Crippen LogP contribution in [0.3, 0.4) is 0 Å². The highest BCUT2D eigenvalue weighted by molar-refractivity contribution is 5.95. The highest BCUT2D eigenvalue weighted by Gasteiger charge is 2.24. The zero-order valence-corrected chi connectivity index (χ0v) is 21.5. The fraction of sp³-hybridized carbons (Fsp3) is 0.267. The minimum atomic E-state index is -0.280. The number of carbonyl (C=O) groups excluding carboxylic acids is 1. The van der Waals surface area contributed by atoms with Crippen molar-refractivity contribution in [3.8, 4) is 17.1 Å². The third-order valence-corrected chi connectivity index (χ3v) is 7.46. The van der Waals surface area contributed by atoms with Crippen molar-refractivity contribution in [2.24, 2.45) is 5.73 Å². The number of aryl methyl sites for hydroxylation is 1. The molecule has 0 radical (unpaired) electrons. The van der Waals surface area contributed by atoms with Gasteiger partial charge in [0.15, 0.2) is 0 Å². The van der Waals surface area contributed by atoms with Gasteiger partial charge in [0.2, 0.25) is 0 Å². The largest absolute Gasteiger partial charge is 0.497 e. The Labute approximate surface area is 220 Å². The van der Waals surface area contributed by atoms with Gasteiger partial charge in [0.05, 0.1) is 12.8 Å². The van der Waals surface area contributed by atoms with Crippen LogP contribution in [-0.2, 0) is 6.54 Å². The zero-order valence-electron chi connectivity index (χ0n) is 21.5. The SMILES string of the molecule is COc1ccc(Cn2c(-c3nc4cc(C(=O)N5CCCC(N)C5)ccn4c3C)cc3cc(F)ccc32)cc1. The number of methoxy groups -OCH3 is 1. The average molecular weight is 512 g/mol. The summed E-state index contributed by atoms with van der Waals surface area (Å²) in [6.07, 6.45) is 3.76. The molecule has 1 unspecified atom stereocenters. The van der Waals surface area contributed by atoms with Crippen molar-refractivity contribution in [3.05, 3.63) is 89.5 Å². The predicted molar refractivity (Wildman–Crippen MR) is 146 cm³/mol. The molecule has 194 valence electrons. The lowest BCUT2D eigenvalue weighted by Gasteiger charge is -2.30. The molecule has 1 saturated heterocycles. The number of likely N-dealkylation sites (tertiary alicyclic amines) is 1. The first kappa shape index (κ1) is 24.2. The van der Waals surface area contributed by atoms with Gasteiger partial charge >= 0.3 is 0 Å². The summed E-state index contributed by atoms with van der Waals surface area (Å²) >= 11 is 0. The molecular weight excluding hydrogens is 481 g/mol. The quantitative estimate of drug-likeness (QED) is 0.359. The molecule has 2 aromatic carbocycles. The van der Waals surface area contributed by atoms with E-state index in [1.54, 1.807) is 13.2 Å². The molecule has 7 nitrogen and oxygen atoms in total. The Morgan fingerprint density at radius 3 is 2.71 bits per heavy atom. The number of ether oxygens (including phenoxy) is 1. The van der Waals surface area contributed by atoms with Gasteiger partial charge in [-0.2, -0.15) is 0 Å². The van der Waals surface area contributed by atoms with Gasteiger partial charge in [0, 0.05) is 54.0 Å². The zero-order chi connectivity index (χ0) is 26.4. The Bertz CT molecular complexity index is 1650. The second-order valence-electron chi connectivity index (χ2n) is 10.0. The number of pyridine rings is 1. The number of nitrogens with two attached hydrogens (primary N) is 1. The van der Waals surface area contributed by atoms with Crippen LogP contribution in [0.15, 0.2) is 66.9 Å². The molecule has 0 saturated carbocycles. The van der Waals surface area contributed by atoms with E-state index in [4.69, 9.17) is 15.5 Å². The average Bonchev–Trinajstić information content (AvgIpc) is 3.44. The van der Waals surface area contributed by atoms with E-state index >= 15 is 0 Å². The van der Waals surface area contributed by atoms with Crippen LogP contribution in [0.4, 0.5) is 4.39 Å². The number of nitrogens with zero attached hydrogens (tertiary/aromatic N) is 4. The molecule has 6 rings (SSSR count). The number of rotatable bonds is 5. The molecular formula is C30H30FN5O2. The molecule has 0 bridgehead atoms. The fourth-order valence-electron chi connectivity index (χ4n) is 5.44. The standard InChI is InChI=1S/C30H30FN5O2/c1-19-29(33-28-16-21(11-13-35(19)28)30(37)34-12-3-4-24(32)18-34)27-15-22-14-23(31)7-10-26(22)36(27)17-20-5-8-25(38-2)9-6-20/h5-11,13-16,24H,3-4,12,17-18,32H2,1-2H3. The minimum Gasteiger partial charge on any atom is -0.497 e. The second-order valence-corrected chi connectivity index (χ2v) is 10.0. The number of halogens is 1. The molecule has 38 heavy (non-hydrogen) atoms. The van der Waals surface area contributed by atoms with Crippen molar-refractivity contribution in [1.29, 1.82) is 0 Å². The highest BCUT2D eigenvalue weighted by atomic mass is 19.1. The molecule has 1 atom stereocenters. The first-order valence-electron chi connectivity index (χ1n) is 12.9. The number of benzene rings is 2. The summed E-state index contributed by atoms with van der Waals surface area (Å²) in [5.41, 5.74) is 12.0. The summed E-state index contributed by atoms with van der Waals surface area (Å²) in [6, 6.07) is 18.5. The van der Waals surface area contributed by atoms with Crippen LogP contribution in [0.5, 0.6) is 5.75 Å². The Morgan fingerprint density at radius 2 is 1.95 bits per heavy atom. The molecule has 1 aliphatic heterocycles. The van der Waals surface area contributed by atoms with E-state index in [2.05, 4.69) is 4.57 Å². The second kappa shape index (κ2) is 9.61. The van der Waals surface area contributed by atoms with Crippen LogP contribution in [0.25, 0.3) is 27.9 Å². The Morgan fingerprint density at radius 1 is 1.13 bits per heavy atom. The van der Waals surface area contributed by atoms with Gasteiger partial charge in [0.25, 0.3) is 5.91 Å². The maximum atomic E-state index is 14.1. The maximum Gasteiger partial charge on any atom is 0.254 e. The minimum absolute atomic E-state index is 0.0195. The summed E-state index contributed by atoms with van der Waals surface area (Å²) in [4.78, 5) is 20.0. The van der Waals surface area contributed by atoms with E-state index in [9.17, 15) is 9.18 Å². The van der Waals surface area contributed by atoms with Crippen molar-refractivity contribution >= 4 is 22.5 Å². The molecule has 5 aromatic rings. The molecule has 4 heterocycles. The number of carbonyl (C=O) groups is 1. The summed E-state index contributed by atoms with van der Waals surface area (Å²) in [5.74, 6) is 0.494. The van der Waals surface area contributed by atoms with Crippen molar-refractivity contribution in [2.75, 3.05) is 20.2 Å². The van der Waals surface area contributed by atoms with Crippen molar-refractivity contribution in [3.63, 3.8) is 0 Å². The highest BCUT2D eigenvalue weighted by Crippen LogP contribution is 2.32. The lowest BCUT2D eigenvalue weighted by molar-refractivity contribution is 0.0709. The fourth-order valence-corrected chi connectivity index (χ4v) is 5.44. The summed E-state index contributed by atoms with van der Waals surface area (Å²) < 4.78 is 23.6. The van der Waals surface area contributed by atoms with Crippen molar-refractivity contribution in [2.45, 2.75) is 32.4 Å². The van der Waals surface area contributed by atoms with Gasteiger partial charge in [-0.1, -0.05) is 12.1 Å². The predicted octanol–water partition coefficient (Wildman–Crippen LogP) is 5.02. The van der Waals surface area contributed by atoms with Gasteiger partial charge < -0.3 is 24.3 Å². The van der Waals surface area contributed by atoms with E-state index in [0.29, 0.717) is 24.3 Å². The molecule has 8 heteroatoms. The molecule has 3 aromatic heterocycles. The number of fused-ring (bicyclic) bond motifs is 2. The number of piperidine rings is 1. The summed E-state index contributed by atoms with van der Waals surface area (Å²) in [5, 5.41) is 0.808. The molecule has 0 aliphatic carbocycles. The number of amides is 1. The Hall–Kier alpha value is -4.17. The van der Waals surface area contributed by atoms with Gasteiger partial charge in [-0.05, 0) is 73.9 Å². The number of hydrogen-bond acceptors (Lipinski definition) is 4.